The average Bonchev–Trinajstić information content (AvgIpc) is 2.90. The van der Waals surface area contributed by atoms with Gasteiger partial charge < -0.3 is 4.74 Å². The summed E-state index contributed by atoms with van der Waals surface area (Å²) in [5, 5.41) is -0.194. The number of hydrogen-bond donors (Lipinski definition) is 0. The van der Waals surface area contributed by atoms with Gasteiger partial charge in [-0.25, -0.2) is 0 Å². The van der Waals surface area contributed by atoms with Gasteiger partial charge in [-0.15, -0.1) is 0 Å². The summed E-state index contributed by atoms with van der Waals surface area (Å²) < 4.78 is 6.83. The maximum atomic E-state index is 12.3. The Morgan fingerprint density at radius 2 is 1.92 bits per heavy atom. The van der Waals surface area contributed by atoms with E-state index in [1.807, 2.05) is 55.5 Å². The van der Waals surface area contributed by atoms with E-state index < -0.39 is 0 Å². The summed E-state index contributed by atoms with van der Waals surface area (Å²) in [6.07, 6.45) is 2.53. The summed E-state index contributed by atoms with van der Waals surface area (Å²) >= 11 is 3.22. The molecule has 0 unspecified atom stereocenters. The molecule has 0 spiro atoms. The summed E-state index contributed by atoms with van der Waals surface area (Å²) in [6, 6.07) is 15.7. The molecule has 4 nitrogen and oxygen atoms in total. The number of nitrogens with zero attached hydrogens (tertiary/aromatic N) is 1. The fourth-order valence-electron chi connectivity index (χ4n) is 2.53. The van der Waals surface area contributed by atoms with Crippen LogP contribution in [0.4, 0.5) is 4.79 Å². The number of carbonyl (C=O) groups is 2. The second-order valence-corrected chi connectivity index (χ2v) is 7.95. The second-order valence-electron chi connectivity index (χ2n) is 5.80. The van der Waals surface area contributed by atoms with E-state index in [0.717, 1.165) is 38.6 Å². The Bertz CT molecular complexity index is 851. The molecule has 2 amide bonds. The number of amides is 2. The standard InChI is InChI=1S/C20H18INO3S/c1-2-10-22-19(23)18(26-20(22)24)12-15-8-9-17(16(21)11-15)25-13-14-6-4-3-5-7-14/h3-9,11-12H,2,10,13H2,1H3/b18-12+. The Morgan fingerprint density at radius 3 is 2.62 bits per heavy atom. The molecule has 1 saturated heterocycles. The highest BCUT2D eigenvalue weighted by Gasteiger charge is 2.34. The van der Waals surface area contributed by atoms with Crippen molar-refractivity contribution in [1.29, 1.82) is 0 Å². The molecule has 1 fully saturated rings. The van der Waals surface area contributed by atoms with Gasteiger partial charge in [0.2, 0.25) is 0 Å². The van der Waals surface area contributed by atoms with Crippen LogP contribution in [0.3, 0.4) is 0 Å². The monoisotopic (exact) mass is 479 g/mol. The van der Waals surface area contributed by atoms with E-state index in [-0.39, 0.29) is 11.1 Å². The van der Waals surface area contributed by atoms with Gasteiger partial charge in [-0.2, -0.15) is 0 Å². The Kier molecular flexibility index (Phi) is 6.37. The number of thioether (sulfide) groups is 1. The molecule has 0 saturated carbocycles. The van der Waals surface area contributed by atoms with Gasteiger partial charge in [-0.3, -0.25) is 14.5 Å². The lowest BCUT2D eigenvalue weighted by atomic mass is 10.2. The minimum absolute atomic E-state index is 0.194. The minimum Gasteiger partial charge on any atom is -0.488 e. The Hall–Kier alpha value is -1.80. The largest absolute Gasteiger partial charge is 0.488 e. The highest BCUT2D eigenvalue weighted by molar-refractivity contribution is 14.1. The van der Waals surface area contributed by atoms with Crippen molar-refractivity contribution in [2.24, 2.45) is 0 Å². The Morgan fingerprint density at radius 1 is 1.15 bits per heavy atom. The number of hydrogen-bond acceptors (Lipinski definition) is 4. The number of ether oxygens (including phenoxy) is 1. The van der Waals surface area contributed by atoms with Crippen LogP contribution in [0.25, 0.3) is 6.08 Å². The molecule has 0 N–H and O–H groups in total. The summed E-state index contributed by atoms with van der Waals surface area (Å²) in [4.78, 5) is 26.0. The Balaban J connectivity index is 1.71. The topological polar surface area (TPSA) is 46.6 Å². The molecule has 0 atom stereocenters. The zero-order chi connectivity index (χ0) is 18.5. The highest BCUT2D eigenvalue weighted by atomic mass is 127. The van der Waals surface area contributed by atoms with Gasteiger partial charge >= 0.3 is 0 Å². The SMILES string of the molecule is CCCN1C(=O)S/C(=C/c2ccc(OCc3ccccc3)c(I)c2)C1=O. The highest BCUT2D eigenvalue weighted by Crippen LogP contribution is 2.33. The van der Waals surface area contributed by atoms with Gasteiger partial charge in [0.05, 0.1) is 8.48 Å². The van der Waals surface area contributed by atoms with Crippen LogP contribution in [-0.2, 0) is 11.4 Å². The molecule has 3 rings (SSSR count). The van der Waals surface area contributed by atoms with Crippen LogP contribution < -0.4 is 4.74 Å². The second kappa shape index (κ2) is 8.73. The molecule has 0 radical (unpaired) electrons. The molecule has 1 aliphatic heterocycles. The average molecular weight is 479 g/mol. The van der Waals surface area contributed by atoms with Crippen LogP contribution in [0.1, 0.15) is 24.5 Å². The minimum atomic E-state index is -0.207. The van der Waals surface area contributed by atoms with Crippen molar-refractivity contribution in [3.05, 3.63) is 68.1 Å². The number of carbonyl (C=O) groups excluding carboxylic acids is 2. The lowest BCUT2D eigenvalue weighted by Gasteiger charge is -2.10. The molecular formula is C20H18INO3S. The molecule has 26 heavy (non-hydrogen) atoms. The van der Waals surface area contributed by atoms with Crippen molar-refractivity contribution < 1.29 is 14.3 Å². The van der Waals surface area contributed by atoms with Crippen LogP contribution in [-0.4, -0.2) is 22.6 Å². The molecule has 0 aliphatic carbocycles. The summed E-state index contributed by atoms with van der Waals surface area (Å²) in [7, 11) is 0. The predicted molar refractivity (Wildman–Crippen MR) is 113 cm³/mol. The van der Waals surface area contributed by atoms with E-state index in [9.17, 15) is 9.59 Å². The van der Waals surface area contributed by atoms with Gasteiger partial charge in [0, 0.05) is 6.54 Å². The van der Waals surface area contributed by atoms with E-state index in [1.165, 1.54) is 4.90 Å². The van der Waals surface area contributed by atoms with Gasteiger partial charge in [-0.1, -0.05) is 43.3 Å². The molecule has 1 heterocycles. The number of benzene rings is 2. The van der Waals surface area contributed by atoms with Gasteiger partial charge in [0.15, 0.2) is 0 Å². The first-order valence-corrected chi connectivity index (χ1v) is 10.2. The molecule has 0 bridgehead atoms. The van der Waals surface area contributed by atoms with Crippen molar-refractivity contribution in [3.63, 3.8) is 0 Å². The van der Waals surface area contributed by atoms with Crippen LogP contribution in [0.15, 0.2) is 53.4 Å². The Labute approximate surface area is 170 Å². The third kappa shape index (κ3) is 4.48. The fourth-order valence-corrected chi connectivity index (χ4v) is 4.09. The first kappa shape index (κ1) is 19.0. The summed E-state index contributed by atoms with van der Waals surface area (Å²) in [5.74, 6) is 0.590. The summed E-state index contributed by atoms with van der Waals surface area (Å²) in [5.41, 5.74) is 1.99. The lowest BCUT2D eigenvalue weighted by Crippen LogP contribution is -2.28. The van der Waals surface area contributed by atoms with Crippen molar-refractivity contribution in [1.82, 2.24) is 4.90 Å². The van der Waals surface area contributed by atoms with Gasteiger partial charge in [0.25, 0.3) is 11.1 Å². The van der Waals surface area contributed by atoms with E-state index in [4.69, 9.17) is 4.74 Å². The molecule has 0 aromatic heterocycles. The molecule has 6 heteroatoms. The maximum Gasteiger partial charge on any atom is 0.293 e. The quantitative estimate of drug-likeness (QED) is 0.416. The van der Waals surface area contributed by atoms with E-state index in [1.54, 1.807) is 6.08 Å². The van der Waals surface area contributed by atoms with Crippen LogP contribution in [0.5, 0.6) is 5.75 Å². The predicted octanol–water partition coefficient (Wildman–Crippen LogP) is 5.32. The van der Waals surface area contributed by atoms with Crippen LogP contribution in [0, 0.1) is 3.57 Å². The normalized spacial score (nSPS) is 15.8. The summed E-state index contributed by atoms with van der Waals surface area (Å²) in [6.45, 7) is 2.92. The molecule has 1 aliphatic rings. The number of rotatable bonds is 6. The van der Waals surface area contributed by atoms with E-state index in [2.05, 4.69) is 22.6 Å². The molecule has 134 valence electrons. The van der Waals surface area contributed by atoms with Gasteiger partial charge in [-0.05, 0) is 70.1 Å². The maximum absolute atomic E-state index is 12.3. The van der Waals surface area contributed by atoms with Crippen molar-refractivity contribution >= 4 is 51.6 Å². The molecule has 2 aromatic rings. The molecular weight excluding hydrogens is 461 g/mol. The fraction of sp³-hybridized carbons (Fsp3) is 0.200. The van der Waals surface area contributed by atoms with Crippen LogP contribution >= 0.6 is 34.4 Å². The first-order valence-electron chi connectivity index (χ1n) is 8.30. The zero-order valence-electron chi connectivity index (χ0n) is 14.3. The van der Waals surface area contributed by atoms with Gasteiger partial charge in [0.1, 0.15) is 12.4 Å². The third-order valence-corrected chi connectivity index (χ3v) is 5.56. The van der Waals surface area contributed by atoms with Crippen molar-refractivity contribution in [3.8, 4) is 5.75 Å². The lowest BCUT2D eigenvalue weighted by molar-refractivity contribution is -0.122. The first-order chi connectivity index (χ1) is 12.6. The molecule has 2 aromatic carbocycles. The van der Waals surface area contributed by atoms with E-state index >= 15 is 0 Å². The number of imide groups is 1. The number of halogens is 1. The smallest absolute Gasteiger partial charge is 0.293 e. The van der Waals surface area contributed by atoms with Crippen LogP contribution in [0.2, 0.25) is 0 Å². The van der Waals surface area contributed by atoms with Crippen molar-refractivity contribution in [2.75, 3.05) is 6.54 Å². The van der Waals surface area contributed by atoms with Crippen molar-refractivity contribution in [2.45, 2.75) is 20.0 Å². The van der Waals surface area contributed by atoms with E-state index in [0.29, 0.717) is 18.1 Å². The third-order valence-electron chi connectivity index (χ3n) is 3.81. The zero-order valence-corrected chi connectivity index (χ0v) is 17.2.